The summed E-state index contributed by atoms with van der Waals surface area (Å²) < 4.78 is 55.4. The molecule has 0 atom stereocenters. The van der Waals surface area contributed by atoms with Gasteiger partial charge in [0.15, 0.2) is 11.5 Å². The molecule has 0 aliphatic carbocycles. The van der Waals surface area contributed by atoms with Gasteiger partial charge in [-0.15, -0.1) is 0 Å². The summed E-state index contributed by atoms with van der Waals surface area (Å²) in [6.07, 6.45) is -4.62. The first-order valence-corrected chi connectivity index (χ1v) is 7.94. The number of halogens is 3. The maximum absolute atomic E-state index is 13.2. The van der Waals surface area contributed by atoms with Crippen LogP contribution >= 0.6 is 0 Å². The molecule has 8 heteroatoms. The lowest BCUT2D eigenvalue weighted by Gasteiger charge is -2.22. The van der Waals surface area contributed by atoms with Crippen LogP contribution < -0.4 is 14.2 Å². The van der Waals surface area contributed by atoms with Gasteiger partial charge in [0.05, 0.1) is 32.5 Å². The summed E-state index contributed by atoms with van der Waals surface area (Å²) in [5, 5.41) is 0. The lowest BCUT2D eigenvalue weighted by Crippen LogP contribution is -2.28. The minimum atomic E-state index is -4.62. The molecule has 146 valence electrons. The molecule has 0 spiro atoms. The predicted octanol–water partition coefficient (Wildman–Crippen LogP) is 4.00. The summed E-state index contributed by atoms with van der Waals surface area (Å²) in [7, 11) is 5.77. The standard InChI is InChI=1S/C19H20F3NO4/c1-23(18(24)13-7-5-6-8-14(13)19(20,21)22)11-12-9-10-15(25-2)17(27-4)16(12)26-3/h5-10H,11H2,1-4H3. The number of rotatable bonds is 6. The van der Waals surface area contributed by atoms with Gasteiger partial charge in [-0.1, -0.05) is 12.1 Å². The van der Waals surface area contributed by atoms with E-state index in [1.54, 1.807) is 12.1 Å². The number of methoxy groups -OCH3 is 3. The third-order valence-corrected chi connectivity index (χ3v) is 4.00. The Morgan fingerprint density at radius 2 is 1.59 bits per heavy atom. The Morgan fingerprint density at radius 1 is 0.963 bits per heavy atom. The van der Waals surface area contributed by atoms with E-state index in [-0.39, 0.29) is 6.54 Å². The summed E-state index contributed by atoms with van der Waals surface area (Å²) in [5.74, 6) is 0.379. The third-order valence-electron chi connectivity index (χ3n) is 4.00. The lowest BCUT2D eigenvalue weighted by atomic mass is 10.1. The fraction of sp³-hybridized carbons (Fsp3) is 0.316. The molecule has 27 heavy (non-hydrogen) atoms. The van der Waals surface area contributed by atoms with Crippen LogP contribution in [0.15, 0.2) is 36.4 Å². The first kappa shape index (κ1) is 20.4. The summed E-state index contributed by atoms with van der Waals surface area (Å²) in [6, 6.07) is 7.99. The number of carbonyl (C=O) groups is 1. The van der Waals surface area contributed by atoms with Crippen LogP contribution in [-0.4, -0.2) is 39.2 Å². The second-order valence-electron chi connectivity index (χ2n) is 5.70. The largest absolute Gasteiger partial charge is 0.493 e. The smallest absolute Gasteiger partial charge is 0.417 e. The summed E-state index contributed by atoms with van der Waals surface area (Å²) in [6.45, 7) is 0.0224. The van der Waals surface area contributed by atoms with Crippen molar-refractivity contribution in [3.8, 4) is 17.2 Å². The van der Waals surface area contributed by atoms with Gasteiger partial charge >= 0.3 is 6.18 Å². The minimum Gasteiger partial charge on any atom is -0.493 e. The fourth-order valence-corrected chi connectivity index (χ4v) is 2.74. The van der Waals surface area contributed by atoms with Gasteiger partial charge in [-0.05, 0) is 24.3 Å². The predicted molar refractivity (Wildman–Crippen MR) is 93.3 cm³/mol. The molecule has 0 heterocycles. The average Bonchev–Trinajstić information content (AvgIpc) is 2.65. The molecule has 0 N–H and O–H groups in total. The molecule has 0 saturated heterocycles. The molecule has 0 aromatic heterocycles. The number of hydrogen-bond acceptors (Lipinski definition) is 4. The number of nitrogens with zero attached hydrogens (tertiary/aromatic N) is 1. The second kappa shape index (κ2) is 8.20. The van der Waals surface area contributed by atoms with Gasteiger partial charge in [0, 0.05) is 19.2 Å². The highest BCUT2D eigenvalue weighted by molar-refractivity contribution is 5.95. The molecule has 0 unspecified atom stereocenters. The van der Waals surface area contributed by atoms with Crippen molar-refractivity contribution in [1.29, 1.82) is 0 Å². The van der Waals surface area contributed by atoms with Crippen LogP contribution in [0.2, 0.25) is 0 Å². The van der Waals surface area contributed by atoms with Crippen molar-refractivity contribution in [2.75, 3.05) is 28.4 Å². The molecule has 1 amide bonds. The van der Waals surface area contributed by atoms with Crippen molar-refractivity contribution in [1.82, 2.24) is 4.90 Å². The van der Waals surface area contributed by atoms with E-state index in [1.165, 1.54) is 45.4 Å². The zero-order valence-electron chi connectivity index (χ0n) is 15.4. The molecule has 0 radical (unpaired) electrons. The van der Waals surface area contributed by atoms with Crippen molar-refractivity contribution in [3.63, 3.8) is 0 Å². The first-order chi connectivity index (χ1) is 12.7. The van der Waals surface area contributed by atoms with Gasteiger partial charge in [-0.2, -0.15) is 13.2 Å². The average molecular weight is 383 g/mol. The Labute approximate surface area is 155 Å². The van der Waals surface area contributed by atoms with Crippen LogP contribution in [0.3, 0.4) is 0 Å². The van der Waals surface area contributed by atoms with Crippen molar-refractivity contribution in [2.24, 2.45) is 0 Å². The highest BCUT2D eigenvalue weighted by atomic mass is 19.4. The zero-order chi connectivity index (χ0) is 20.2. The van der Waals surface area contributed by atoms with Crippen molar-refractivity contribution < 1.29 is 32.2 Å². The summed E-state index contributed by atoms with van der Waals surface area (Å²) in [5.41, 5.74) is -0.816. The topological polar surface area (TPSA) is 48.0 Å². The number of alkyl halides is 3. The lowest BCUT2D eigenvalue weighted by molar-refractivity contribution is -0.138. The summed E-state index contributed by atoms with van der Waals surface area (Å²) >= 11 is 0. The van der Waals surface area contributed by atoms with Crippen molar-refractivity contribution >= 4 is 5.91 Å². The van der Waals surface area contributed by atoms with Gasteiger partial charge < -0.3 is 19.1 Å². The molecule has 0 saturated carbocycles. The van der Waals surface area contributed by atoms with E-state index in [9.17, 15) is 18.0 Å². The van der Waals surface area contributed by atoms with Crippen LogP contribution in [-0.2, 0) is 12.7 Å². The number of benzene rings is 2. The van der Waals surface area contributed by atoms with Gasteiger partial charge in [-0.25, -0.2) is 0 Å². The Balaban J connectivity index is 2.36. The van der Waals surface area contributed by atoms with E-state index in [0.717, 1.165) is 12.1 Å². The SMILES string of the molecule is COc1ccc(CN(C)C(=O)c2ccccc2C(F)(F)F)c(OC)c1OC. The summed E-state index contributed by atoms with van der Waals surface area (Å²) in [4.78, 5) is 13.8. The van der Waals surface area contributed by atoms with Gasteiger partial charge in [0.25, 0.3) is 5.91 Å². The van der Waals surface area contributed by atoms with E-state index in [4.69, 9.17) is 14.2 Å². The molecule has 0 aliphatic heterocycles. The Kier molecular flexibility index (Phi) is 6.20. The number of carbonyl (C=O) groups excluding carboxylic acids is 1. The zero-order valence-corrected chi connectivity index (χ0v) is 15.4. The van der Waals surface area contributed by atoms with Crippen LogP contribution in [0.5, 0.6) is 17.2 Å². The maximum atomic E-state index is 13.2. The molecule has 0 fully saturated rings. The normalized spacial score (nSPS) is 11.1. The van der Waals surface area contributed by atoms with Crippen molar-refractivity contribution in [3.05, 3.63) is 53.1 Å². The second-order valence-corrected chi connectivity index (χ2v) is 5.70. The van der Waals surface area contributed by atoms with Crippen LogP contribution in [0.4, 0.5) is 13.2 Å². The molecule has 5 nitrogen and oxygen atoms in total. The quantitative estimate of drug-likeness (QED) is 0.757. The van der Waals surface area contributed by atoms with Gasteiger partial charge in [0.1, 0.15) is 0 Å². The molecule has 2 rings (SSSR count). The van der Waals surface area contributed by atoms with Crippen molar-refractivity contribution in [2.45, 2.75) is 12.7 Å². The molecule has 2 aromatic carbocycles. The fourth-order valence-electron chi connectivity index (χ4n) is 2.74. The van der Waals surface area contributed by atoms with Crippen LogP contribution in [0.1, 0.15) is 21.5 Å². The number of ether oxygens (including phenoxy) is 3. The maximum Gasteiger partial charge on any atom is 0.417 e. The molecule has 0 aliphatic rings. The molecular formula is C19H20F3NO4. The number of hydrogen-bond donors (Lipinski definition) is 0. The first-order valence-electron chi connectivity index (χ1n) is 7.94. The van der Waals surface area contributed by atoms with E-state index >= 15 is 0 Å². The Bertz CT molecular complexity index is 821. The van der Waals surface area contributed by atoms with E-state index in [2.05, 4.69) is 0 Å². The third kappa shape index (κ3) is 4.27. The molecule has 2 aromatic rings. The highest BCUT2D eigenvalue weighted by Crippen LogP contribution is 2.40. The molecule has 0 bridgehead atoms. The molecular weight excluding hydrogens is 363 g/mol. The van der Waals surface area contributed by atoms with E-state index in [1.807, 2.05) is 0 Å². The number of amides is 1. The van der Waals surface area contributed by atoms with Gasteiger partial charge in [-0.3, -0.25) is 4.79 Å². The van der Waals surface area contributed by atoms with E-state index in [0.29, 0.717) is 22.8 Å². The monoisotopic (exact) mass is 383 g/mol. The minimum absolute atomic E-state index is 0.0224. The Morgan fingerprint density at radius 3 is 2.15 bits per heavy atom. The highest BCUT2D eigenvalue weighted by Gasteiger charge is 2.35. The van der Waals surface area contributed by atoms with Crippen LogP contribution in [0, 0.1) is 0 Å². The van der Waals surface area contributed by atoms with Gasteiger partial charge in [0.2, 0.25) is 5.75 Å². The Hall–Kier alpha value is -2.90. The van der Waals surface area contributed by atoms with Crippen LogP contribution in [0.25, 0.3) is 0 Å². The van der Waals surface area contributed by atoms with E-state index < -0.39 is 23.2 Å².